The molecule has 6 heteroatoms. The molecule has 19 heavy (non-hydrogen) atoms. The van der Waals surface area contributed by atoms with Gasteiger partial charge in [-0.25, -0.2) is 9.37 Å². The van der Waals surface area contributed by atoms with Crippen molar-refractivity contribution >= 4 is 0 Å². The molecule has 2 aromatic rings. The quantitative estimate of drug-likeness (QED) is 0.772. The van der Waals surface area contributed by atoms with E-state index in [2.05, 4.69) is 4.98 Å². The molecule has 0 unspecified atom stereocenters. The average Bonchev–Trinajstić information content (AvgIpc) is 2.38. The zero-order chi connectivity index (χ0) is 14.0. The van der Waals surface area contributed by atoms with E-state index < -0.39 is 17.6 Å². The topological polar surface area (TPSA) is 22.1 Å². The molecule has 0 bridgehead atoms. The number of hydrogen-bond donors (Lipinski definition) is 0. The van der Waals surface area contributed by atoms with Gasteiger partial charge in [-0.2, -0.15) is 13.2 Å². The zero-order valence-corrected chi connectivity index (χ0v) is 9.83. The third kappa shape index (κ3) is 2.67. The van der Waals surface area contributed by atoms with E-state index in [4.69, 9.17) is 4.74 Å². The second-order valence-electron chi connectivity index (χ2n) is 3.76. The van der Waals surface area contributed by atoms with E-state index in [0.29, 0.717) is 5.56 Å². The second kappa shape index (κ2) is 4.87. The number of pyridine rings is 1. The highest BCUT2D eigenvalue weighted by molar-refractivity contribution is 5.65. The lowest BCUT2D eigenvalue weighted by atomic mass is 10.0. The van der Waals surface area contributed by atoms with Crippen LogP contribution in [-0.4, -0.2) is 12.1 Å². The van der Waals surface area contributed by atoms with E-state index in [9.17, 15) is 17.6 Å². The first kappa shape index (κ1) is 13.3. The largest absolute Gasteiger partial charge is 0.479 e. The molecule has 0 amide bonds. The Bertz CT molecular complexity index is 578. The maximum Gasteiger partial charge on any atom is 0.416 e. The van der Waals surface area contributed by atoms with E-state index in [1.54, 1.807) is 0 Å². The minimum atomic E-state index is -4.41. The molecule has 2 nitrogen and oxygen atoms in total. The summed E-state index contributed by atoms with van der Waals surface area (Å²) in [4.78, 5) is 3.66. The van der Waals surface area contributed by atoms with Crippen LogP contribution >= 0.6 is 0 Å². The number of hydrogen-bond acceptors (Lipinski definition) is 2. The van der Waals surface area contributed by atoms with Crippen LogP contribution in [0.3, 0.4) is 0 Å². The monoisotopic (exact) mass is 271 g/mol. The molecule has 0 radical (unpaired) electrons. The van der Waals surface area contributed by atoms with Gasteiger partial charge < -0.3 is 4.74 Å². The molecule has 0 aliphatic heterocycles. The molecule has 0 aliphatic rings. The minimum absolute atomic E-state index is 0.139. The number of halogens is 4. The van der Waals surface area contributed by atoms with Gasteiger partial charge in [-0.15, -0.1) is 0 Å². The van der Waals surface area contributed by atoms with Crippen LogP contribution in [0.15, 0.2) is 36.5 Å². The number of benzene rings is 1. The lowest BCUT2D eigenvalue weighted by molar-refractivity contribution is -0.137. The van der Waals surface area contributed by atoms with Gasteiger partial charge in [-0.1, -0.05) is 12.1 Å². The molecule has 1 aromatic heterocycles. The lowest BCUT2D eigenvalue weighted by Gasteiger charge is -2.09. The summed E-state index contributed by atoms with van der Waals surface area (Å²) in [6.45, 7) is 0. The number of nitrogens with zero attached hydrogens (tertiary/aromatic N) is 1. The second-order valence-corrected chi connectivity index (χ2v) is 3.76. The summed E-state index contributed by atoms with van der Waals surface area (Å²) >= 11 is 0. The fourth-order valence-electron chi connectivity index (χ4n) is 1.63. The van der Waals surface area contributed by atoms with E-state index >= 15 is 0 Å². The van der Waals surface area contributed by atoms with Crippen molar-refractivity contribution in [3.8, 4) is 17.0 Å². The molecule has 0 saturated carbocycles. The molecule has 0 aliphatic carbocycles. The van der Waals surface area contributed by atoms with Crippen molar-refractivity contribution in [3.05, 3.63) is 47.9 Å². The maximum absolute atomic E-state index is 13.9. The summed E-state index contributed by atoms with van der Waals surface area (Å²) in [5, 5.41) is 0. The summed E-state index contributed by atoms with van der Waals surface area (Å²) in [5.74, 6) is -0.901. The number of aromatic nitrogens is 1. The molecule has 0 spiro atoms. The fraction of sp³-hybridized carbons (Fsp3) is 0.154. The van der Waals surface area contributed by atoms with Crippen LogP contribution < -0.4 is 4.74 Å². The van der Waals surface area contributed by atoms with E-state index in [1.807, 2.05) is 0 Å². The fourth-order valence-corrected chi connectivity index (χ4v) is 1.63. The van der Waals surface area contributed by atoms with Crippen molar-refractivity contribution in [1.82, 2.24) is 4.98 Å². The highest BCUT2D eigenvalue weighted by Crippen LogP contribution is 2.32. The third-order valence-electron chi connectivity index (χ3n) is 2.57. The zero-order valence-electron chi connectivity index (χ0n) is 9.83. The highest BCUT2D eigenvalue weighted by atomic mass is 19.4. The van der Waals surface area contributed by atoms with Gasteiger partial charge in [-0.3, -0.25) is 0 Å². The third-order valence-corrected chi connectivity index (χ3v) is 2.57. The molecule has 0 saturated heterocycles. The minimum Gasteiger partial charge on any atom is -0.479 e. The predicted octanol–water partition coefficient (Wildman–Crippen LogP) is 3.92. The van der Waals surface area contributed by atoms with Crippen LogP contribution in [0.25, 0.3) is 11.1 Å². The summed E-state index contributed by atoms with van der Waals surface area (Å²) in [5.41, 5.74) is -0.315. The van der Waals surface area contributed by atoms with Gasteiger partial charge in [0.1, 0.15) is 0 Å². The van der Waals surface area contributed by atoms with Crippen LogP contribution in [0.1, 0.15) is 5.56 Å². The van der Waals surface area contributed by atoms with Crippen molar-refractivity contribution in [3.63, 3.8) is 0 Å². The van der Waals surface area contributed by atoms with Crippen molar-refractivity contribution in [2.45, 2.75) is 6.18 Å². The first-order chi connectivity index (χ1) is 8.93. The van der Waals surface area contributed by atoms with Crippen LogP contribution in [0, 0.1) is 5.82 Å². The van der Waals surface area contributed by atoms with Gasteiger partial charge in [0.05, 0.1) is 12.7 Å². The highest BCUT2D eigenvalue weighted by Gasteiger charge is 2.30. The molecule has 2 rings (SSSR count). The summed E-state index contributed by atoms with van der Waals surface area (Å²) in [6, 6.07) is 5.60. The van der Waals surface area contributed by atoms with Crippen molar-refractivity contribution in [2.75, 3.05) is 7.11 Å². The molecule has 0 N–H and O–H groups in total. The maximum atomic E-state index is 13.9. The smallest absolute Gasteiger partial charge is 0.416 e. The van der Waals surface area contributed by atoms with E-state index in [0.717, 1.165) is 12.1 Å². The van der Waals surface area contributed by atoms with Crippen LogP contribution in [0.2, 0.25) is 0 Å². The lowest BCUT2D eigenvalue weighted by Crippen LogP contribution is -2.04. The summed E-state index contributed by atoms with van der Waals surface area (Å²) < 4.78 is 55.9. The van der Waals surface area contributed by atoms with Crippen molar-refractivity contribution in [2.24, 2.45) is 0 Å². The Labute approximate surface area is 106 Å². The van der Waals surface area contributed by atoms with Crippen LogP contribution in [0.5, 0.6) is 5.88 Å². The molecular weight excluding hydrogens is 262 g/mol. The van der Waals surface area contributed by atoms with Crippen molar-refractivity contribution in [1.29, 1.82) is 0 Å². The molecule has 0 atom stereocenters. The Morgan fingerprint density at radius 1 is 1.05 bits per heavy atom. The first-order valence-corrected chi connectivity index (χ1v) is 5.29. The SMILES string of the molecule is COc1nccc(-c2ccc(C(F)(F)F)cc2)c1F. The molecule has 1 heterocycles. The van der Waals surface area contributed by atoms with Gasteiger partial charge >= 0.3 is 6.18 Å². The van der Waals surface area contributed by atoms with Gasteiger partial charge in [0.25, 0.3) is 5.88 Å². The number of rotatable bonds is 2. The average molecular weight is 271 g/mol. The number of ether oxygens (including phenoxy) is 1. The van der Waals surface area contributed by atoms with Gasteiger partial charge in [0.2, 0.25) is 0 Å². The first-order valence-electron chi connectivity index (χ1n) is 5.29. The number of alkyl halides is 3. The molecule has 100 valence electrons. The van der Waals surface area contributed by atoms with E-state index in [1.165, 1.54) is 31.5 Å². The Morgan fingerprint density at radius 3 is 2.21 bits per heavy atom. The molecule has 1 aromatic carbocycles. The predicted molar refractivity (Wildman–Crippen MR) is 61.2 cm³/mol. The normalized spacial score (nSPS) is 11.4. The van der Waals surface area contributed by atoms with Gasteiger partial charge in [0, 0.05) is 11.8 Å². The Balaban J connectivity index is 2.43. The Kier molecular flexibility index (Phi) is 3.42. The standard InChI is InChI=1S/C13H9F4NO/c1-19-12-11(14)10(6-7-18-12)8-2-4-9(5-3-8)13(15,16)17/h2-7H,1H3. The van der Waals surface area contributed by atoms with Crippen LogP contribution in [0.4, 0.5) is 17.6 Å². The molecule has 0 fully saturated rings. The number of methoxy groups -OCH3 is 1. The van der Waals surface area contributed by atoms with Crippen molar-refractivity contribution < 1.29 is 22.3 Å². The van der Waals surface area contributed by atoms with Gasteiger partial charge in [-0.05, 0) is 23.8 Å². The summed E-state index contributed by atoms with van der Waals surface area (Å²) in [6.07, 6.45) is -3.08. The van der Waals surface area contributed by atoms with E-state index in [-0.39, 0.29) is 11.4 Å². The Morgan fingerprint density at radius 2 is 1.68 bits per heavy atom. The molecular formula is C13H9F4NO. The van der Waals surface area contributed by atoms with Crippen LogP contribution in [-0.2, 0) is 6.18 Å². The summed E-state index contributed by atoms with van der Waals surface area (Å²) in [7, 11) is 1.27. The van der Waals surface area contributed by atoms with Gasteiger partial charge in [0.15, 0.2) is 5.82 Å². The Hall–Kier alpha value is -2.11.